The zero-order chi connectivity index (χ0) is 18.4. The number of fused-ring (bicyclic) bond motifs is 3. The number of methoxy groups -OCH3 is 1. The Bertz CT molecular complexity index is 1020. The Morgan fingerprint density at radius 1 is 1.19 bits per heavy atom. The number of para-hydroxylation sites is 1. The van der Waals surface area contributed by atoms with Gasteiger partial charge in [-0.3, -0.25) is 0 Å². The van der Waals surface area contributed by atoms with Gasteiger partial charge in [-0.05, 0) is 35.7 Å². The monoisotopic (exact) mass is 378 g/mol. The fourth-order valence-electron chi connectivity index (χ4n) is 3.71. The largest absolute Gasteiger partial charge is 0.504 e. The third kappa shape index (κ3) is 2.64. The lowest BCUT2D eigenvalue weighted by atomic mass is 9.97. The number of phenols is 1. The normalized spacial score (nSPS) is 20.5. The number of ether oxygens (including phenoxy) is 2. The Kier molecular flexibility index (Phi) is 3.79. The summed E-state index contributed by atoms with van der Waals surface area (Å²) in [6.07, 6.45) is 0.429. The van der Waals surface area contributed by atoms with Crippen LogP contribution >= 0.6 is 11.3 Å². The average Bonchev–Trinajstić information content (AvgIpc) is 3.37. The summed E-state index contributed by atoms with van der Waals surface area (Å²) in [6.45, 7) is 0. The molecule has 0 fully saturated rings. The molecule has 0 unspecified atom stereocenters. The molecule has 27 heavy (non-hydrogen) atoms. The van der Waals surface area contributed by atoms with Gasteiger partial charge in [0.15, 0.2) is 11.5 Å². The van der Waals surface area contributed by atoms with Crippen LogP contribution in [0.1, 0.15) is 34.7 Å². The lowest BCUT2D eigenvalue weighted by molar-refractivity contribution is -0.0191. The van der Waals surface area contributed by atoms with Gasteiger partial charge in [-0.15, -0.1) is 11.3 Å². The highest BCUT2D eigenvalue weighted by molar-refractivity contribution is 7.12. The first-order valence-corrected chi connectivity index (χ1v) is 9.65. The van der Waals surface area contributed by atoms with Crippen LogP contribution in [0.2, 0.25) is 0 Å². The van der Waals surface area contributed by atoms with E-state index in [0.29, 0.717) is 5.75 Å². The van der Waals surface area contributed by atoms with E-state index in [4.69, 9.17) is 14.6 Å². The summed E-state index contributed by atoms with van der Waals surface area (Å²) in [5.41, 5.74) is 3.05. The summed E-state index contributed by atoms with van der Waals surface area (Å²) < 4.78 is 11.5. The van der Waals surface area contributed by atoms with Crippen LogP contribution in [0.15, 0.2) is 65.1 Å². The van der Waals surface area contributed by atoms with Gasteiger partial charge in [0.2, 0.25) is 6.23 Å². The molecule has 5 nitrogen and oxygen atoms in total. The summed E-state index contributed by atoms with van der Waals surface area (Å²) in [7, 11) is 1.54. The number of hydrogen-bond donors (Lipinski definition) is 1. The van der Waals surface area contributed by atoms with Crippen molar-refractivity contribution in [2.24, 2.45) is 5.10 Å². The van der Waals surface area contributed by atoms with Crippen LogP contribution in [0.5, 0.6) is 17.2 Å². The van der Waals surface area contributed by atoms with Gasteiger partial charge in [0.1, 0.15) is 5.75 Å². The molecule has 0 saturated carbocycles. The van der Waals surface area contributed by atoms with Crippen molar-refractivity contribution in [2.75, 3.05) is 7.11 Å². The Morgan fingerprint density at radius 3 is 2.85 bits per heavy atom. The smallest absolute Gasteiger partial charge is 0.214 e. The number of phenolic OH excluding ortho intramolecular Hbond substituents is 1. The number of aromatic hydroxyl groups is 1. The van der Waals surface area contributed by atoms with Crippen LogP contribution in [0.4, 0.5) is 0 Å². The quantitative estimate of drug-likeness (QED) is 0.717. The van der Waals surface area contributed by atoms with Crippen LogP contribution in [0.25, 0.3) is 0 Å². The molecule has 136 valence electrons. The summed E-state index contributed by atoms with van der Waals surface area (Å²) in [5.74, 6) is 1.40. The van der Waals surface area contributed by atoms with E-state index in [1.165, 1.54) is 12.0 Å². The van der Waals surface area contributed by atoms with Crippen molar-refractivity contribution in [2.45, 2.75) is 18.7 Å². The van der Waals surface area contributed by atoms with Gasteiger partial charge in [-0.1, -0.05) is 24.3 Å². The standard InChI is InChI=1S/C21H18N2O3S/c1-25-19-9-8-13(11-17(19)24)21-23-16(14-5-2-3-6-18(14)26-21)12-15(22-23)20-7-4-10-27-20/h2-11,16,21,24H,12H2,1H3/t16-,21+/m0/s1. The van der Waals surface area contributed by atoms with Crippen molar-refractivity contribution in [3.63, 3.8) is 0 Å². The van der Waals surface area contributed by atoms with E-state index in [-0.39, 0.29) is 11.8 Å². The molecule has 1 aromatic heterocycles. The second kappa shape index (κ2) is 6.32. The molecule has 3 heterocycles. The molecule has 0 saturated heterocycles. The second-order valence-corrected chi connectivity index (χ2v) is 7.51. The number of benzene rings is 2. The molecular formula is C21H18N2O3S. The first-order chi connectivity index (χ1) is 13.2. The van der Waals surface area contributed by atoms with Crippen LogP contribution in [-0.2, 0) is 0 Å². The van der Waals surface area contributed by atoms with Gasteiger partial charge >= 0.3 is 0 Å². The molecule has 5 rings (SSSR count). The van der Waals surface area contributed by atoms with E-state index >= 15 is 0 Å². The topological polar surface area (TPSA) is 54.3 Å². The molecule has 2 aliphatic rings. The maximum Gasteiger partial charge on any atom is 0.214 e. The van der Waals surface area contributed by atoms with Crippen molar-refractivity contribution in [3.05, 3.63) is 76.0 Å². The van der Waals surface area contributed by atoms with E-state index < -0.39 is 6.23 Å². The van der Waals surface area contributed by atoms with Crippen molar-refractivity contribution >= 4 is 17.0 Å². The van der Waals surface area contributed by atoms with Crippen molar-refractivity contribution in [1.82, 2.24) is 5.01 Å². The van der Waals surface area contributed by atoms with E-state index in [1.807, 2.05) is 35.3 Å². The van der Waals surface area contributed by atoms with Gasteiger partial charge in [-0.2, -0.15) is 5.10 Å². The molecule has 0 amide bonds. The molecule has 0 bridgehead atoms. The summed E-state index contributed by atoms with van der Waals surface area (Å²) in [6, 6.07) is 17.7. The predicted octanol–water partition coefficient (Wildman–Crippen LogP) is 4.70. The molecule has 0 spiro atoms. The minimum Gasteiger partial charge on any atom is -0.504 e. The van der Waals surface area contributed by atoms with Crippen LogP contribution in [0.3, 0.4) is 0 Å². The predicted molar refractivity (Wildman–Crippen MR) is 105 cm³/mol. The van der Waals surface area contributed by atoms with Gasteiger partial charge in [-0.25, -0.2) is 5.01 Å². The molecule has 1 N–H and O–H groups in total. The average molecular weight is 378 g/mol. The summed E-state index contributed by atoms with van der Waals surface area (Å²) in [4.78, 5) is 1.18. The van der Waals surface area contributed by atoms with Crippen LogP contribution in [0, 0.1) is 0 Å². The highest BCUT2D eigenvalue weighted by Gasteiger charge is 2.41. The Hall–Kier alpha value is -2.99. The minimum absolute atomic E-state index is 0.0932. The molecule has 6 heteroatoms. The van der Waals surface area contributed by atoms with Gasteiger partial charge in [0.05, 0.1) is 23.7 Å². The third-order valence-electron chi connectivity index (χ3n) is 4.99. The van der Waals surface area contributed by atoms with Crippen molar-refractivity contribution in [1.29, 1.82) is 0 Å². The Balaban J connectivity index is 1.59. The number of thiophene rings is 1. The number of hydrazone groups is 1. The van der Waals surface area contributed by atoms with E-state index in [2.05, 4.69) is 17.5 Å². The maximum absolute atomic E-state index is 10.2. The maximum atomic E-state index is 10.2. The lowest BCUT2D eigenvalue weighted by Gasteiger charge is -2.38. The molecule has 3 aromatic rings. The molecule has 2 aromatic carbocycles. The van der Waals surface area contributed by atoms with Gasteiger partial charge in [0.25, 0.3) is 0 Å². The summed E-state index contributed by atoms with van der Waals surface area (Å²) >= 11 is 1.70. The van der Waals surface area contributed by atoms with Gasteiger partial charge in [0, 0.05) is 17.5 Å². The zero-order valence-corrected chi connectivity index (χ0v) is 15.5. The lowest BCUT2D eigenvalue weighted by Crippen LogP contribution is -2.33. The summed E-state index contributed by atoms with van der Waals surface area (Å²) in [5, 5.41) is 19.2. The SMILES string of the molecule is COc1ccc([C@H]2Oc3ccccc3[C@@H]3CC(c4cccs4)=NN23)cc1O. The number of rotatable bonds is 3. The number of hydrogen-bond acceptors (Lipinski definition) is 6. The molecule has 2 aliphatic heterocycles. The fourth-order valence-corrected chi connectivity index (χ4v) is 4.43. The van der Waals surface area contributed by atoms with Crippen LogP contribution < -0.4 is 9.47 Å². The van der Waals surface area contributed by atoms with Gasteiger partial charge < -0.3 is 14.6 Å². The zero-order valence-electron chi connectivity index (χ0n) is 14.7. The van der Waals surface area contributed by atoms with E-state index in [0.717, 1.165) is 29.0 Å². The highest BCUT2D eigenvalue weighted by Crippen LogP contribution is 2.48. The second-order valence-electron chi connectivity index (χ2n) is 6.56. The number of nitrogens with zero attached hydrogens (tertiary/aromatic N) is 2. The van der Waals surface area contributed by atoms with Crippen molar-refractivity contribution in [3.8, 4) is 17.2 Å². The first kappa shape index (κ1) is 16.2. The van der Waals surface area contributed by atoms with Crippen molar-refractivity contribution < 1.29 is 14.6 Å². The molecule has 0 radical (unpaired) electrons. The van der Waals surface area contributed by atoms with E-state index in [1.54, 1.807) is 23.5 Å². The van der Waals surface area contributed by atoms with E-state index in [9.17, 15) is 5.11 Å². The minimum atomic E-state index is -0.404. The van der Waals surface area contributed by atoms with Crippen LogP contribution in [-0.4, -0.2) is 22.9 Å². The molecular weight excluding hydrogens is 360 g/mol. The first-order valence-electron chi connectivity index (χ1n) is 8.77. The fraction of sp³-hybridized carbons (Fsp3) is 0.190. The molecule has 0 aliphatic carbocycles. The third-order valence-corrected chi connectivity index (χ3v) is 5.91. The molecule has 2 atom stereocenters. The Labute approximate surface area is 161 Å². The highest BCUT2D eigenvalue weighted by atomic mass is 32.1. The Morgan fingerprint density at radius 2 is 2.07 bits per heavy atom.